The Morgan fingerprint density at radius 2 is 1.91 bits per heavy atom. The predicted octanol–water partition coefficient (Wildman–Crippen LogP) is 2.71. The standard InChI is InChI=1S/C17H14N2O3S/c1-19-16(21)11-6-5-10(8-12(11)17(19)22)18-15(20)14-7-9-3-2-4-13(9)23-14/h5-8H,2-4H2,1H3,(H,18,20). The highest BCUT2D eigenvalue weighted by atomic mass is 32.1. The zero-order chi connectivity index (χ0) is 16.1. The van der Waals surface area contributed by atoms with E-state index in [0.717, 1.165) is 24.2 Å². The number of nitrogens with one attached hydrogen (secondary N) is 1. The third-order valence-corrected chi connectivity index (χ3v) is 5.55. The monoisotopic (exact) mass is 326 g/mol. The zero-order valence-corrected chi connectivity index (χ0v) is 13.3. The van der Waals surface area contributed by atoms with Crippen LogP contribution >= 0.6 is 11.3 Å². The fourth-order valence-corrected chi connectivity index (χ4v) is 4.22. The fourth-order valence-electron chi connectivity index (χ4n) is 3.07. The Labute approximate surface area is 136 Å². The molecule has 2 aliphatic rings. The number of amides is 3. The Morgan fingerprint density at radius 1 is 1.13 bits per heavy atom. The van der Waals surface area contributed by atoms with E-state index in [0.29, 0.717) is 21.7 Å². The molecule has 0 atom stereocenters. The van der Waals surface area contributed by atoms with Crippen molar-refractivity contribution in [2.24, 2.45) is 0 Å². The van der Waals surface area contributed by atoms with Gasteiger partial charge >= 0.3 is 0 Å². The van der Waals surface area contributed by atoms with Gasteiger partial charge in [0.2, 0.25) is 0 Å². The highest BCUT2D eigenvalue weighted by Gasteiger charge is 2.32. The first kappa shape index (κ1) is 14.1. The average Bonchev–Trinajstić information content (AvgIpc) is 3.18. The maximum Gasteiger partial charge on any atom is 0.265 e. The number of carbonyl (C=O) groups is 3. The molecule has 1 aromatic heterocycles. The maximum absolute atomic E-state index is 12.4. The summed E-state index contributed by atoms with van der Waals surface area (Å²) in [5, 5.41) is 2.82. The maximum atomic E-state index is 12.4. The lowest BCUT2D eigenvalue weighted by Crippen LogP contribution is -2.24. The van der Waals surface area contributed by atoms with Gasteiger partial charge in [0.05, 0.1) is 16.0 Å². The number of fused-ring (bicyclic) bond motifs is 2. The molecule has 116 valence electrons. The van der Waals surface area contributed by atoms with Crippen LogP contribution in [0.5, 0.6) is 0 Å². The molecule has 0 bridgehead atoms. The minimum Gasteiger partial charge on any atom is -0.321 e. The highest BCUT2D eigenvalue weighted by molar-refractivity contribution is 7.14. The van der Waals surface area contributed by atoms with Crippen LogP contribution in [0.4, 0.5) is 5.69 Å². The number of hydrogen-bond acceptors (Lipinski definition) is 4. The number of nitrogens with zero attached hydrogens (tertiary/aromatic N) is 1. The van der Waals surface area contributed by atoms with Crippen LogP contribution in [-0.2, 0) is 12.8 Å². The van der Waals surface area contributed by atoms with Gasteiger partial charge in [0.25, 0.3) is 17.7 Å². The predicted molar refractivity (Wildman–Crippen MR) is 87.2 cm³/mol. The highest BCUT2D eigenvalue weighted by Crippen LogP contribution is 2.31. The molecule has 0 fully saturated rings. The molecule has 0 radical (unpaired) electrons. The molecule has 2 aromatic rings. The van der Waals surface area contributed by atoms with Crippen LogP contribution < -0.4 is 5.32 Å². The van der Waals surface area contributed by atoms with Crippen LogP contribution in [0.2, 0.25) is 0 Å². The Bertz CT molecular complexity index is 847. The largest absolute Gasteiger partial charge is 0.321 e. The number of anilines is 1. The van der Waals surface area contributed by atoms with Crippen molar-refractivity contribution in [1.29, 1.82) is 0 Å². The molecule has 6 heteroatoms. The van der Waals surface area contributed by atoms with Crippen LogP contribution in [0.3, 0.4) is 0 Å². The Kier molecular flexibility index (Phi) is 3.09. The lowest BCUT2D eigenvalue weighted by atomic mass is 10.1. The molecular weight excluding hydrogens is 312 g/mol. The van der Waals surface area contributed by atoms with Crippen molar-refractivity contribution < 1.29 is 14.4 Å². The molecule has 5 nitrogen and oxygen atoms in total. The van der Waals surface area contributed by atoms with Gasteiger partial charge in [0, 0.05) is 17.6 Å². The van der Waals surface area contributed by atoms with Crippen molar-refractivity contribution in [1.82, 2.24) is 4.90 Å². The van der Waals surface area contributed by atoms with E-state index in [2.05, 4.69) is 5.32 Å². The van der Waals surface area contributed by atoms with E-state index in [1.54, 1.807) is 18.2 Å². The van der Waals surface area contributed by atoms with Gasteiger partial charge < -0.3 is 5.32 Å². The van der Waals surface area contributed by atoms with Gasteiger partial charge in [-0.05, 0) is 49.1 Å². The summed E-state index contributed by atoms with van der Waals surface area (Å²) in [6, 6.07) is 6.77. The summed E-state index contributed by atoms with van der Waals surface area (Å²) in [6.07, 6.45) is 3.26. The van der Waals surface area contributed by atoms with E-state index in [1.807, 2.05) is 6.07 Å². The summed E-state index contributed by atoms with van der Waals surface area (Å²) in [7, 11) is 1.45. The Hall–Kier alpha value is -2.47. The number of imide groups is 1. The Balaban J connectivity index is 1.59. The topological polar surface area (TPSA) is 66.5 Å². The summed E-state index contributed by atoms with van der Waals surface area (Å²) in [5.74, 6) is -0.816. The molecule has 1 aliphatic heterocycles. The molecular formula is C17H14N2O3S. The molecule has 23 heavy (non-hydrogen) atoms. The second-order valence-electron chi connectivity index (χ2n) is 5.80. The first-order valence-electron chi connectivity index (χ1n) is 7.44. The van der Waals surface area contributed by atoms with E-state index in [-0.39, 0.29) is 17.7 Å². The minimum absolute atomic E-state index is 0.172. The number of hydrogen-bond donors (Lipinski definition) is 1. The summed E-state index contributed by atoms with van der Waals surface area (Å²) >= 11 is 1.53. The van der Waals surface area contributed by atoms with E-state index in [9.17, 15) is 14.4 Å². The van der Waals surface area contributed by atoms with Crippen LogP contribution in [-0.4, -0.2) is 29.7 Å². The van der Waals surface area contributed by atoms with Gasteiger partial charge in [0.1, 0.15) is 0 Å². The lowest BCUT2D eigenvalue weighted by Gasteiger charge is -2.05. The van der Waals surface area contributed by atoms with E-state index in [4.69, 9.17) is 0 Å². The van der Waals surface area contributed by atoms with Crippen molar-refractivity contribution >= 4 is 34.7 Å². The molecule has 0 spiro atoms. The molecule has 1 N–H and O–H groups in total. The third-order valence-electron chi connectivity index (χ3n) is 4.32. The molecule has 1 aromatic carbocycles. The number of aryl methyl sites for hydroxylation is 2. The lowest BCUT2D eigenvalue weighted by molar-refractivity contribution is 0.0692. The molecule has 3 amide bonds. The van der Waals surface area contributed by atoms with E-state index >= 15 is 0 Å². The van der Waals surface area contributed by atoms with Crippen LogP contribution in [0.15, 0.2) is 24.3 Å². The van der Waals surface area contributed by atoms with Gasteiger partial charge in [-0.15, -0.1) is 11.3 Å². The molecule has 2 heterocycles. The number of rotatable bonds is 2. The first-order valence-corrected chi connectivity index (χ1v) is 8.25. The van der Waals surface area contributed by atoms with Crippen molar-refractivity contribution in [3.8, 4) is 0 Å². The minimum atomic E-state index is -0.337. The SMILES string of the molecule is CN1C(=O)c2ccc(NC(=O)c3cc4c(s3)CCC4)cc2C1=O. The van der Waals surface area contributed by atoms with Crippen LogP contribution in [0, 0.1) is 0 Å². The smallest absolute Gasteiger partial charge is 0.265 e. The van der Waals surface area contributed by atoms with Gasteiger partial charge in [-0.25, -0.2) is 0 Å². The van der Waals surface area contributed by atoms with Crippen molar-refractivity contribution in [3.05, 3.63) is 50.7 Å². The van der Waals surface area contributed by atoms with Crippen LogP contribution in [0.1, 0.15) is 47.2 Å². The molecule has 0 saturated carbocycles. The summed E-state index contributed by atoms with van der Waals surface area (Å²) in [4.78, 5) is 39.3. The summed E-state index contributed by atoms with van der Waals surface area (Å²) < 4.78 is 0. The van der Waals surface area contributed by atoms with Gasteiger partial charge in [-0.2, -0.15) is 0 Å². The number of benzene rings is 1. The second kappa shape index (κ2) is 5.03. The van der Waals surface area contributed by atoms with Crippen molar-refractivity contribution in [2.75, 3.05) is 12.4 Å². The van der Waals surface area contributed by atoms with E-state index in [1.165, 1.54) is 28.8 Å². The molecule has 0 unspecified atom stereocenters. The average molecular weight is 326 g/mol. The summed E-state index contributed by atoms with van der Waals surface area (Å²) in [6.45, 7) is 0. The van der Waals surface area contributed by atoms with Crippen molar-refractivity contribution in [3.63, 3.8) is 0 Å². The van der Waals surface area contributed by atoms with Crippen LogP contribution in [0.25, 0.3) is 0 Å². The number of carbonyl (C=O) groups excluding carboxylic acids is 3. The zero-order valence-electron chi connectivity index (χ0n) is 12.5. The molecule has 4 rings (SSSR count). The second-order valence-corrected chi connectivity index (χ2v) is 6.93. The quantitative estimate of drug-likeness (QED) is 0.863. The Morgan fingerprint density at radius 3 is 2.70 bits per heavy atom. The molecule has 0 saturated heterocycles. The molecule has 1 aliphatic carbocycles. The first-order chi connectivity index (χ1) is 11.0. The third kappa shape index (κ3) is 2.17. The normalized spacial score (nSPS) is 15.8. The van der Waals surface area contributed by atoms with Crippen molar-refractivity contribution in [2.45, 2.75) is 19.3 Å². The summed E-state index contributed by atoms with van der Waals surface area (Å²) in [5.41, 5.74) is 2.52. The van der Waals surface area contributed by atoms with Gasteiger partial charge in [-0.3, -0.25) is 19.3 Å². The fraction of sp³-hybridized carbons (Fsp3) is 0.235. The van der Waals surface area contributed by atoms with E-state index < -0.39 is 0 Å². The number of thiophene rings is 1. The van der Waals surface area contributed by atoms with Gasteiger partial charge in [0.15, 0.2) is 0 Å². The van der Waals surface area contributed by atoms with Gasteiger partial charge in [-0.1, -0.05) is 0 Å².